The number of hydrogen-bond donors (Lipinski definition) is 1. The molecule has 0 radical (unpaired) electrons. The van der Waals surface area contributed by atoms with Gasteiger partial charge in [0.15, 0.2) is 0 Å². The van der Waals surface area contributed by atoms with Crippen LogP contribution in [0.1, 0.15) is 25.3 Å². The minimum Gasteiger partial charge on any atom is -0.315 e. The molecular weight excluding hydrogens is 295 g/mol. The summed E-state index contributed by atoms with van der Waals surface area (Å²) in [6, 6.07) is 5.73. The quantitative estimate of drug-likeness (QED) is 0.898. The van der Waals surface area contributed by atoms with Crippen molar-refractivity contribution < 1.29 is 4.39 Å². The van der Waals surface area contributed by atoms with Gasteiger partial charge in [0, 0.05) is 29.2 Å². The first-order valence-electron chi connectivity index (χ1n) is 6.60. The molecule has 1 aromatic rings. The lowest BCUT2D eigenvalue weighted by Gasteiger charge is -2.28. The van der Waals surface area contributed by atoms with Gasteiger partial charge in [0.1, 0.15) is 5.82 Å². The van der Waals surface area contributed by atoms with Crippen LogP contribution < -0.4 is 5.32 Å². The van der Waals surface area contributed by atoms with Crippen LogP contribution in [-0.4, -0.2) is 30.6 Å². The highest BCUT2D eigenvalue weighted by atomic mass is 79.9. The van der Waals surface area contributed by atoms with Gasteiger partial charge in [-0.3, -0.25) is 4.90 Å². The molecule has 1 saturated heterocycles. The van der Waals surface area contributed by atoms with Crippen LogP contribution in [0.2, 0.25) is 0 Å². The summed E-state index contributed by atoms with van der Waals surface area (Å²) >= 11 is 3.45. The molecule has 0 amide bonds. The molecule has 2 nitrogen and oxygen atoms in total. The molecule has 1 aliphatic rings. The lowest BCUT2D eigenvalue weighted by Crippen LogP contribution is -2.37. The number of hydrogen-bond acceptors (Lipinski definition) is 2. The van der Waals surface area contributed by atoms with Crippen molar-refractivity contribution in [3.8, 4) is 0 Å². The molecule has 2 rings (SSSR count). The first-order valence-corrected chi connectivity index (χ1v) is 7.39. The zero-order valence-corrected chi connectivity index (χ0v) is 12.3. The standard InChI is InChI=1S/C14H20BrFN2/c1-2-8-18(11-6-7-17-9-11)10-12-13(15)4-3-5-14(12)16/h3-5,11,17H,2,6-10H2,1H3. The average molecular weight is 315 g/mol. The van der Waals surface area contributed by atoms with Crippen LogP contribution in [-0.2, 0) is 6.54 Å². The van der Waals surface area contributed by atoms with Gasteiger partial charge in [-0.15, -0.1) is 0 Å². The van der Waals surface area contributed by atoms with Crippen molar-refractivity contribution in [2.24, 2.45) is 0 Å². The van der Waals surface area contributed by atoms with Crippen LogP contribution in [0.5, 0.6) is 0 Å². The minimum absolute atomic E-state index is 0.114. The van der Waals surface area contributed by atoms with Gasteiger partial charge >= 0.3 is 0 Å². The largest absolute Gasteiger partial charge is 0.315 e. The van der Waals surface area contributed by atoms with Crippen LogP contribution in [0.4, 0.5) is 4.39 Å². The maximum atomic E-state index is 13.9. The Hall–Kier alpha value is -0.450. The molecule has 100 valence electrons. The van der Waals surface area contributed by atoms with Gasteiger partial charge < -0.3 is 5.32 Å². The van der Waals surface area contributed by atoms with E-state index in [9.17, 15) is 4.39 Å². The normalized spacial score (nSPS) is 19.7. The van der Waals surface area contributed by atoms with Crippen LogP contribution in [0.25, 0.3) is 0 Å². The maximum absolute atomic E-state index is 13.9. The van der Waals surface area contributed by atoms with Crippen molar-refractivity contribution in [3.63, 3.8) is 0 Å². The number of rotatable bonds is 5. The van der Waals surface area contributed by atoms with E-state index in [4.69, 9.17) is 0 Å². The first-order chi connectivity index (χ1) is 8.72. The zero-order chi connectivity index (χ0) is 13.0. The van der Waals surface area contributed by atoms with Crippen molar-refractivity contribution in [3.05, 3.63) is 34.1 Å². The van der Waals surface area contributed by atoms with Crippen molar-refractivity contribution in [2.75, 3.05) is 19.6 Å². The number of nitrogens with one attached hydrogen (secondary N) is 1. The second kappa shape index (κ2) is 6.64. The third kappa shape index (κ3) is 3.31. The molecular formula is C14H20BrFN2. The summed E-state index contributed by atoms with van der Waals surface area (Å²) in [4.78, 5) is 2.39. The van der Waals surface area contributed by atoms with E-state index in [2.05, 4.69) is 33.1 Å². The van der Waals surface area contributed by atoms with Gasteiger partial charge in [-0.2, -0.15) is 0 Å². The number of benzene rings is 1. The zero-order valence-electron chi connectivity index (χ0n) is 10.8. The lowest BCUT2D eigenvalue weighted by atomic mass is 10.1. The predicted octanol–water partition coefficient (Wildman–Crippen LogP) is 3.16. The molecule has 1 aromatic carbocycles. The van der Waals surface area contributed by atoms with E-state index < -0.39 is 0 Å². The Morgan fingerprint density at radius 3 is 2.94 bits per heavy atom. The molecule has 1 heterocycles. The summed E-state index contributed by atoms with van der Waals surface area (Å²) < 4.78 is 14.7. The van der Waals surface area contributed by atoms with E-state index in [0.717, 1.165) is 42.5 Å². The second-order valence-electron chi connectivity index (χ2n) is 4.82. The molecule has 0 aromatic heterocycles. The van der Waals surface area contributed by atoms with Gasteiger partial charge in [0.25, 0.3) is 0 Å². The Bertz CT molecular complexity index is 371. The SMILES string of the molecule is CCCN(Cc1c(F)cccc1Br)C1CCNC1. The topological polar surface area (TPSA) is 15.3 Å². The van der Waals surface area contributed by atoms with E-state index in [-0.39, 0.29) is 5.82 Å². The Morgan fingerprint density at radius 1 is 1.50 bits per heavy atom. The van der Waals surface area contributed by atoms with Gasteiger partial charge in [0.05, 0.1) is 0 Å². The van der Waals surface area contributed by atoms with Gasteiger partial charge in [-0.25, -0.2) is 4.39 Å². The average Bonchev–Trinajstić information content (AvgIpc) is 2.86. The molecule has 0 spiro atoms. The Balaban J connectivity index is 2.12. The summed E-state index contributed by atoms with van der Waals surface area (Å²) in [7, 11) is 0. The van der Waals surface area contributed by atoms with E-state index in [1.807, 2.05) is 6.07 Å². The van der Waals surface area contributed by atoms with E-state index >= 15 is 0 Å². The molecule has 0 saturated carbocycles. The van der Waals surface area contributed by atoms with E-state index in [1.165, 1.54) is 6.07 Å². The van der Waals surface area contributed by atoms with Crippen molar-refractivity contribution in [2.45, 2.75) is 32.4 Å². The van der Waals surface area contributed by atoms with Gasteiger partial charge in [-0.1, -0.05) is 28.9 Å². The summed E-state index contributed by atoms with van der Waals surface area (Å²) in [5.41, 5.74) is 0.776. The van der Waals surface area contributed by atoms with Crippen LogP contribution in [0.15, 0.2) is 22.7 Å². The molecule has 1 aliphatic heterocycles. The lowest BCUT2D eigenvalue weighted by molar-refractivity contribution is 0.196. The second-order valence-corrected chi connectivity index (χ2v) is 5.67. The fourth-order valence-electron chi connectivity index (χ4n) is 2.52. The molecule has 0 aliphatic carbocycles. The van der Waals surface area contributed by atoms with Crippen LogP contribution in [0, 0.1) is 5.82 Å². The molecule has 0 bridgehead atoms. The third-order valence-electron chi connectivity index (χ3n) is 3.48. The summed E-state index contributed by atoms with van der Waals surface area (Å²) in [5.74, 6) is -0.114. The minimum atomic E-state index is -0.114. The third-order valence-corrected chi connectivity index (χ3v) is 4.23. The molecule has 18 heavy (non-hydrogen) atoms. The monoisotopic (exact) mass is 314 g/mol. The van der Waals surface area contributed by atoms with E-state index in [0.29, 0.717) is 12.6 Å². The molecule has 1 atom stereocenters. The highest BCUT2D eigenvalue weighted by molar-refractivity contribution is 9.10. The molecule has 1 fully saturated rings. The summed E-state index contributed by atoms with van der Waals surface area (Å²) in [5, 5.41) is 3.38. The Morgan fingerprint density at radius 2 is 2.33 bits per heavy atom. The van der Waals surface area contributed by atoms with Crippen molar-refractivity contribution >= 4 is 15.9 Å². The summed E-state index contributed by atoms with van der Waals surface area (Å²) in [6.45, 7) is 5.97. The van der Waals surface area contributed by atoms with Crippen molar-refractivity contribution in [1.82, 2.24) is 10.2 Å². The molecule has 1 unspecified atom stereocenters. The van der Waals surface area contributed by atoms with E-state index in [1.54, 1.807) is 6.07 Å². The first kappa shape index (κ1) is 14.0. The Labute approximate surface area is 117 Å². The van der Waals surface area contributed by atoms with Gasteiger partial charge in [0.2, 0.25) is 0 Å². The number of halogens is 2. The smallest absolute Gasteiger partial charge is 0.128 e. The van der Waals surface area contributed by atoms with Crippen LogP contribution >= 0.6 is 15.9 Å². The molecule has 1 N–H and O–H groups in total. The van der Waals surface area contributed by atoms with Crippen molar-refractivity contribution in [1.29, 1.82) is 0 Å². The van der Waals surface area contributed by atoms with Crippen LogP contribution in [0.3, 0.4) is 0 Å². The summed E-state index contributed by atoms with van der Waals surface area (Å²) in [6.07, 6.45) is 2.26. The maximum Gasteiger partial charge on any atom is 0.128 e. The number of nitrogens with zero attached hydrogens (tertiary/aromatic N) is 1. The fourth-order valence-corrected chi connectivity index (χ4v) is 2.98. The predicted molar refractivity (Wildman–Crippen MR) is 76.1 cm³/mol. The highest BCUT2D eigenvalue weighted by Crippen LogP contribution is 2.23. The molecule has 4 heteroatoms. The van der Waals surface area contributed by atoms with Gasteiger partial charge in [-0.05, 0) is 38.1 Å². The highest BCUT2D eigenvalue weighted by Gasteiger charge is 2.23. The Kier molecular flexibility index (Phi) is 5.15. The fraction of sp³-hybridized carbons (Fsp3) is 0.571.